The van der Waals surface area contributed by atoms with Crippen molar-refractivity contribution in [2.45, 2.75) is 18.9 Å². The minimum absolute atomic E-state index is 0.0712. The molecule has 1 aliphatic carbocycles. The number of aliphatic hydroxyl groups is 1. The van der Waals surface area contributed by atoms with Gasteiger partial charge in [0, 0.05) is 0 Å². The third kappa shape index (κ3) is 2.91. The van der Waals surface area contributed by atoms with Crippen LogP contribution in [0, 0.1) is 0 Å². The van der Waals surface area contributed by atoms with Crippen LogP contribution >= 0.6 is 0 Å². The van der Waals surface area contributed by atoms with Crippen molar-refractivity contribution in [3.8, 4) is 0 Å². The van der Waals surface area contributed by atoms with Gasteiger partial charge in [0.05, 0.1) is 0 Å². The number of fused-ring (bicyclic) bond motifs is 1. The predicted molar refractivity (Wildman–Crippen MR) is 101 cm³/mol. The zero-order valence-electron chi connectivity index (χ0n) is 13.8. The molecule has 0 unspecified atom stereocenters. The molecule has 1 N–H and O–H groups in total. The van der Waals surface area contributed by atoms with Gasteiger partial charge in [0.1, 0.15) is 0 Å². The predicted octanol–water partition coefficient (Wildman–Crippen LogP) is 2.44. The SMILES string of the molecule is O=C1C(c2ccccc2)=C(N2CCC(O)CC2)C(=[Se])c2ccccc21. The van der Waals surface area contributed by atoms with E-state index in [9.17, 15) is 9.90 Å². The molecule has 0 spiro atoms. The molecular formula is C21H19NO2Se. The average Bonchev–Trinajstić information content (AvgIpc) is 2.66. The van der Waals surface area contributed by atoms with E-state index in [0.717, 1.165) is 58.3 Å². The normalized spacial score (nSPS) is 18.5. The first kappa shape index (κ1) is 16.5. The molecule has 2 aliphatic rings. The number of benzene rings is 2. The number of Topliss-reactive ketones (excluding diaryl/α,β-unsaturated/α-hetero) is 1. The van der Waals surface area contributed by atoms with Crippen LogP contribution in [-0.2, 0) is 0 Å². The van der Waals surface area contributed by atoms with Crippen molar-refractivity contribution in [2.24, 2.45) is 0 Å². The van der Waals surface area contributed by atoms with Crippen LogP contribution in [0.2, 0.25) is 0 Å². The number of piperidine rings is 1. The fraction of sp³-hybridized carbons (Fsp3) is 0.238. The van der Waals surface area contributed by atoms with Gasteiger partial charge in [0.15, 0.2) is 0 Å². The number of carbonyl (C=O) groups excluding carboxylic acids is 1. The molecule has 1 fully saturated rings. The van der Waals surface area contributed by atoms with E-state index in [4.69, 9.17) is 0 Å². The van der Waals surface area contributed by atoms with Crippen molar-refractivity contribution in [1.29, 1.82) is 0 Å². The number of hydrogen-bond acceptors (Lipinski definition) is 3. The third-order valence-electron chi connectivity index (χ3n) is 4.94. The number of hydrogen-bond donors (Lipinski definition) is 1. The molecule has 4 heteroatoms. The first-order chi connectivity index (χ1) is 12.2. The van der Waals surface area contributed by atoms with E-state index in [1.54, 1.807) is 0 Å². The molecule has 0 bridgehead atoms. The van der Waals surface area contributed by atoms with E-state index in [1.165, 1.54) is 0 Å². The summed E-state index contributed by atoms with van der Waals surface area (Å²) in [4.78, 5) is 15.6. The summed E-state index contributed by atoms with van der Waals surface area (Å²) in [6, 6.07) is 17.7. The zero-order valence-corrected chi connectivity index (χ0v) is 15.5. The fourth-order valence-electron chi connectivity index (χ4n) is 3.63. The fourth-order valence-corrected chi connectivity index (χ4v) is 4.48. The van der Waals surface area contributed by atoms with Crippen LogP contribution in [0.15, 0.2) is 60.3 Å². The number of allylic oxidation sites excluding steroid dienone is 2. The number of likely N-dealkylation sites (tertiary alicyclic amines) is 1. The monoisotopic (exact) mass is 397 g/mol. The molecule has 0 aromatic heterocycles. The summed E-state index contributed by atoms with van der Waals surface area (Å²) in [5.41, 5.74) is 4.38. The Morgan fingerprint density at radius 3 is 2.20 bits per heavy atom. The van der Waals surface area contributed by atoms with E-state index in [2.05, 4.69) is 20.5 Å². The van der Waals surface area contributed by atoms with Gasteiger partial charge in [-0.1, -0.05) is 0 Å². The summed E-state index contributed by atoms with van der Waals surface area (Å²) < 4.78 is 1.02. The molecule has 0 amide bonds. The Labute approximate surface area is 155 Å². The maximum atomic E-state index is 13.3. The molecule has 2 aromatic rings. The molecule has 3 nitrogen and oxygen atoms in total. The first-order valence-corrected chi connectivity index (χ1v) is 9.43. The standard InChI is InChI=1S/C21H19NO2Se/c23-15-10-12-22(13-11-15)19-18(14-6-2-1-3-7-14)20(24)16-8-4-5-9-17(16)21(19)25/h1-9,15,23H,10-13H2. The Hall–Kier alpha value is -2.00. The molecule has 1 heterocycles. The van der Waals surface area contributed by atoms with Gasteiger partial charge in [-0.2, -0.15) is 0 Å². The Morgan fingerprint density at radius 2 is 1.52 bits per heavy atom. The summed E-state index contributed by atoms with van der Waals surface area (Å²) in [6.45, 7) is 1.51. The topological polar surface area (TPSA) is 40.5 Å². The van der Waals surface area contributed by atoms with Gasteiger partial charge in [-0.3, -0.25) is 0 Å². The van der Waals surface area contributed by atoms with E-state index in [-0.39, 0.29) is 11.9 Å². The summed E-state index contributed by atoms with van der Waals surface area (Å²) >= 11 is 3.22. The van der Waals surface area contributed by atoms with Gasteiger partial charge in [-0.15, -0.1) is 0 Å². The molecule has 0 saturated carbocycles. The molecule has 0 radical (unpaired) electrons. The van der Waals surface area contributed by atoms with Crippen molar-refractivity contribution in [1.82, 2.24) is 4.90 Å². The van der Waals surface area contributed by atoms with Crippen LogP contribution in [0.25, 0.3) is 5.57 Å². The number of aliphatic hydroxyl groups excluding tert-OH is 1. The molecule has 1 saturated heterocycles. The zero-order chi connectivity index (χ0) is 17.4. The van der Waals surface area contributed by atoms with Crippen molar-refractivity contribution >= 4 is 31.3 Å². The Kier molecular flexibility index (Phi) is 4.43. The molecular weight excluding hydrogens is 377 g/mol. The summed E-state index contributed by atoms with van der Waals surface area (Å²) in [5.74, 6) is 0.0712. The van der Waals surface area contributed by atoms with E-state index < -0.39 is 0 Å². The summed E-state index contributed by atoms with van der Waals surface area (Å²) in [6.07, 6.45) is 1.22. The average molecular weight is 396 g/mol. The van der Waals surface area contributed by atoms with E-state index in [0.29, 0.717) is 0 Å². The molecule has 1 aliphatic heterocycles. The van der Waals surface area contributed by atoms with Crippen molar-refractivity contribution < 1.29 is 9.90 Å². The van der Waals surface area contributed by atoms with Crippen LogP contribution in [-0.4, -0.2) is 55.0 Å². The van der Waals surface area contributed by atoms with Gasteiger partial charge < -0.3 is 0 Å². The summed E-state index contributed by atoms with van der Waals surface area (Å²) in [5, 5.41) is 9.86. The van der Waals surface area contributed by atoms with Crippen LogP contribution < -0.4 is 0 Å². The Morgan fingerprint density at radius 1 is 0.920 bits per heavy atom. The van der Waals surface area contributed by atoms with Crippen molar-refractivity contribution in [3.63, 3.8) is 0 Å². The second-order valence-electron chi connectivity index (χ2n) is 6.51. The van der Waals surface area contributed by atoms with Crippen LogP contribution in [0.3, 0.4) is 0 Å². The number of ketones is 1. The molecule has 126 valence electrons. The third-order valence-corrected chi connectivity index (χ3v) is 5.81. The van der Waals surface area contributed by atoms with Gasteiger partial charge in [-0.05, 0) is 0 Å². The number of carbonyl (C=O) groups is 1. The van der Waals surface area contributed by atoms with Crippen LogP contribution in [0.1, 0.15) is 34.3 Å². The maximum absolute atomic E-state index is 13.3. The minimum atomic E-state index is -0.243. The Balaban J connectivity index is 1.90. The molecule has 2 aromatic carbocycles. The van der Waals surface area contributed by atoms with Gasteiger partial charge in [-0.25, -0.2) is 0 Å². The van der Waals surface area contributed by atoms with E-state index >= 15 is 0 Å². The molecule has 4 rings (SSSR count). The number of rotatable bonds is 2. The van der Waals surface area contributed by atoms with Gasteiger partial charge >= 0.3 is 155 Å². The first-order valence-electron chi connectivity index (χ1n) is 8.58. The van der Waals surface area contributed by atoms with Gasteiger partial charge in [0.25, 0.3) is 0 Å². The molecule has 25 heavy (non-hydrogen) atoms. The summed E-state index contributed by atoms with van der Waals surface area (Å²) in [7, 11) is 0. The quantitative estimate of drug-likeness (QED) is 0.793. The van der Waals surface area contributed by atoms with Crippen LogP contribution in [0.4, 0.5) is 0 Å². The second kappa shape index (κ2) is 6.72. The second-order valence-corrected chi connectivity index (χ2v) is 7.37. The van der Waals surface area contributed by atoms with Crippen molar-refractivity contribution in [2.75, 3.05) is 13.1 Å². The van der Waals surface area contributed by atoms with Crippen LogP contribution in [0.5, 0.6) is 0 Å². The van der Waals surface area contributed by atoms with E-state index in [1.807, 2.05) is 54.6 Å². The molecule has 0 atom stereocenters. The number of nitrogens with zero attached hydrogens (tertiary/aromatic N) is 1. The van der Waals surface area contributed by atoms with Crippen molar-refractivity contribution in [3.05, 3.63) is 77.0 Å². The van der Waals surface area contributed by atoms with Gasteiger partial charge in [0.2, 0.25) is 0 Å². The Bertz CT molecular complexity index is 864.